The molecule has 0 aliphatic heterocycles. The number of rotatable bonds is 7. The minimum Gasteiger partial charge on any atom is -0.480 e. The van der Waals surface area contributed by atoms with Crippen LogP contribution in [0, 0.1) is 0 Å². The van der Waals surface area contributed by atoms with E-state index in [-0.39, 0.29) is 6.03 Å². The van der Waals surface area contributed by atoms with Crippen LogP contribution >= 0.6 is 0 Å². The number of aliphatic carboxylic acids is 1. The Morgan fingerprint density at radius 2 is 2.00 bits per heavy atom. The molecule has 0 rings (SSSR count). The van der Waals surface area contributed by atoms with Gasteiger partial charge in [-0.15, -0.1) is 0 Å². The number of hydrogen-bond acceptors (Lipinski definition) is 2. The van der Waals surface area contributed by atoms with Crippen LogP contribution in [0.5, 0.6) is 0 Å². The van der Waals surface area contributed by atoms with E-state index in [1.165, 1.54) is 4.90 Å². The van der Waals surface area contributed by atoms with Gasteiger partial charge in [-0.05, 0) is 20.3 Å². The smallest absolute Gasteiger partial charge is 0.326 e. The van der Waals surface area contributed by atoms with Crippen LogP contribution in [0.1, 0.15) is 33.6 Å². The summed E-state index contributed by atoms with van der Waals surface area (Å²) in [4.78, 5) is 24.3. The molecule has 0 saturated carbocycles. The Hall–Kier alpha value is -1.52. The van der Waals surface area contributed by atoms with Gasteiger partial charge < -0.3 is 15.3 Å². The SMILES string of the molecule is C=C(C)CN(CC)C(=O)N[C@H](CCC)C(=O)O. The number of carboxylic acid groups (broad SMARTS) is 1. The molecule has 0 heterocycles. The van der Waals surface area contributed by atoms with Crippen molar-refractivity contribution in [2.75, 3.05) is 13.1 Å². The number of nitrogens with one attached hydrogen (secondary N) is 1. The zero-order chi connectivity index (χ0) is 13.4. The van der Waals surface area contributed by atoms with Gasteiger partial charge in [0.05, 0.1) is 0 Å². The predicted octanol–water partition coefficient (Wildman–Crippen LogP) is 1.85. The lowest BCUT2D eigenvalue weighted by molar-refractivity contribution is -0.139. The van der Waals surface area contributed by atoms with Gasteiger partial charge in [0, 0.05) is 13.1 Å². The summed E-state index contributed by atoms with van der Waals surface area (Å²) < 4.78 is 0. The lowest BCUT2D eigenvalue weighted by Crippen LogP contribution is -2.48. The van der Waals surface area contributed by atoms with Gasteiger partial charge in [-0.2, -0.15) is 0 Å². The Kier molecular flexibility index (Phi) is 7.02. The molecular formula is C12H22N2O3. The Morgan fingerprint density at radius 1 is 1.41 bits per heavy atom. The number of urea groups is 1. The third kappa shape index (κ3) is 5.94. The maximum atomic E-state index is 11.8. The van der Waals surface area contributed by atoms with E-state index in [2.05, 4.69) is 11.9 Å². The van der Waals surface area contributed by atoms with Crippen molar-refractivity contribution < 1.29 is 14.7 Å². The molecule has 0 aromatic heterocycles. The molecule has 98 valence electrons. The molecule has 0 unspecified atom stereocenters. The van der Waals surface area contributed by atoms with Gasteiger partial charge in [0.2, 0.25) is 0 Å². The number of carboxylic acids is 1. The summed E-state index contributed by atoms with van der Waals surface area (Å²) in [6.45, 7) is 10.3. The first-order valence-corrected chi connectivity index (χ1v) is 5.84. The third-order valence-electron chi connectivity index (χ3n) is 2.30. The van der Waals surface area contributed by atoms with Gasteiger partial charge in [0.25, 0.3) is 0 Å². The Balaban J connectivity index is 4.45. The molecule has 2 N–H and O–H groups in total. The fraction of sp³-hybridized carbons (Fsp3) is 0.667. The predicted molar refractivity (Wildman–Crippen MR) is 66.9 cm³/mol. The number of nitrogens with zero attached hydrogens (tertiary/aromatic N) is 1. The Labute approximate surface area is 102 Å². The van der Waals surface area contributed by atoms with Crippen molar-refractivity contribution in [1.82, 2.24) is 10.2 Å². The van der Waals surface area contributed by atoms with Crippen LogP contribution in [-0.2, 0) is 4.79 Å². The summed E-state index contributed by atoms with van der Waals surface area (Å²) in [7, 11) is 0. The minimum atomic E-state index is -0.994. The number of carbonyl (C=O) groups excluding carboxylic acids is 1. The molecule has 5 nitrogen and oxygen atoms in total. The second kappa shape index (κ2) is 7.70. The van der Waals surface area contributed by atoms with Gasteiger partial charge >= 0.3 is 12.0 Å². The Morgan fingerprint density at radius 3 is 2.35 bits per heavy atom. The molecular weight excluding hydrogens is 220 g/mol. The molecule has 5 heteroatoms. The van der Waals surface area contributed by atoms with E-state index >= 15 is 0 Å². The lowest BCUT2D eigenvalue weighted by Gasteiger charge is -2.23. The van der Waals surface area contributed by atoms with E-state index in [9.17, 15) is 9.59 Å². The molecule has 0 spiro atoms. The van der Waals surface area contributed by atoms with Crippen molar-refractivity contribution in [3.63, 3.8) is 0 Å². The molecule has 0 radical (unpaired) electrons. The summed E-state index contributed by atoms with van der Waals surface area (Å²) in [5.41, 5.74) is 0.865. The van der Waals surface area contributed by atoms with Gasteiger partial charge in [0.15, 0.2) is 0 Å². The summed E-state index contributed by atoms with van der Waals surface area (Å²) >= 11 is 0. The molecule has 2 amide bonds. The molecule has 0 aliphatic rings. The average Bonchev–Trinajstić information content (AvgIpc) is 2.24. The molecule has 0 saturated heterocycles. The zero-order valence-corrected chi connectivity index (χ0v) is 10.8. The first kappa shape index (κ1) is 15.5. The molecule has 0 aromatic rings. The van der Waals surface area contributed by atoms with E-state index in [0.717, 1.165) is 5.57 Å². The van der Waals surface area contributed by atoms with E-state index in [1.54, 1.807) is 0 Å². The highest BCUT2D eigenvalue weighted by Gasteiger charge is 2.21. The van der Waals surface area contributed by atoms with Crippen LogP contribution in [0.3, 0.4) is 0 Å². The molecule has 0 aromatic carbocycles. The number of carbonyl (C=O) groups is 2. The fourth-order valence-corrected chi connectivity index (χ4v) is 1.44. The maximum absolute atomic E-state index is 11.8. The van der Waals surface area contributed by atoms with Crippen molar-refractivity contribution >= 4 is 12.0 Å². The molecule has 0 fully saturated rings. The fourth-order valence-electron chi connectivity index (χ4n) is 1.44. The summed E-state index contributed by atoms with van der Waals surface area (Å²) in [5.74, 6) is -0.994. The van der Waals surface area contributed by atoms with Crippen molar-refractivity contribution in [2.24, 2.45) is 0 Å². The van der Waals surface area contributed by atoms with E-state index in [0.29, 0.717) is 25.9 Å². The monoisotopic (exact) mass is 242 g/mol. The lowest BCUT2D eigenvalue weighted by atomic mass is 10.2. The van der Waals surface area contributed by atoms with Crippen LogP contribution < -0.4 is 5.32 Å². The minimum absolute atomic E-state index is 0.351. The number of hydrogen-bond donors (Lipinski definition) is 2. The molecule has 0 aliphatic carbocycles. The highest BCUT2D eigenvalue weighted by molar-refractivity contribution is 5.82. The zero-order valence-electron chi connectivity index (χ0n) is 10.8. The normalized spacial score (nSPS) is 11.7. The van der Waals surface area contributed by atoms with Gasteiger partial charge in [-0.1, -0.05) is 25.5 Å². The third-order valence-corrected chi connectivity index (χ3v) is 2.30. The van der Waals surface area contributed by atoms with Crippen LogP contribution in [0.15, 0.2) is 12.2 Å². The van der Waals surface area contributed by atoms with Crippen LogP contribution in [0.4, 0.5) is 4.79 Å². The largest absolute Gasteiger partial charge is 0.480 e. The van der Waals surface area contributed by atoms with Crippen LogP contribution in [0.2, 0.25) is 0 Å². The standard InChI is InChI=1S/C12H22N2O3/c1-5-7-10(11(15)16)13-12(17)14(6-2)8-9(3)4/h10H,3,5-8H2,1-2,4H3,(H,13,17)(H,15,16)/t10-/m1/s1. The van der Waals surface area contributed by atoms with Crippen molar-refractivity contribution in [1.29, 1.82) is 0 Å². The highest BCUT2D eigenvalue weighted by atomic mass is 16.4. The summed E-state index contributed by atoms with van der Waals surface area (Å²) in [6.07, 6.45) is 1.15. The quantitative estimate of drug-likeness (QED) is 0.669. The Bertz CT molecular complexity index is 289. The maximum Gasteiger partial charge on any atom is 0.326 e. The molecule has 17 heavy (non-hydrogen) atoms. The van der Waals surface area contributed by atoms with Gasteiger partial charge in [-0.25, -0.2) is 9.59 Å². The summed E-state index contributed by atoms with van der Waals surface area (Å²) in [6, 6.07) is -1.16. The van der Waals surface area contributed by atoms with Crippen molar-refractivity contribution in [3.8, 4) is 0 Å². The summed E-state index contributed by atoms with van der Waals surface area (Å²) in [5, 5.41) is 11.5. The van der Waals surface area contributed by atoms with Gasteiger partial charge in [0.1, 0.15) is 6.04 Å². The van der Waals surface area contributed by atoms with E-state index < -0.39 is 12.0 Å². The molecule has 1 atom stereocenters. The first-order valence-electron chi connectivity index (χ1n) is 5.84. The van der Waals surface area contributed by atoms with Crippen molar-refractivity contribution in [3.05, 3.63) is 12.2 Å². The number of amides is 2. The van der Waals surface area contributed by atoms with E-state index in [1.807, 2.05) is 20.8 Å². The van der Waals surface area contributed by atoms with Crippen LogP contribution in [0.25, 0.3) is 0 Å². The second-order valence-electron chi connectivity index (χ2n) is 4.10. The van der Waals surface area contributed by atoms with Crippen molar-refractivity contribution in [2.45, 2.75) is 39.7 Å². The first-order chi connectivity index (χ1) is 7.92. The van der Waals surface area contributed by atoms with E-state index in [4.69, 9.17) is 5.11 Å². The number of likely N-dealkylation sites (N-methyl/N-ethyl adjacent to an activating group) is 1. The second-order valence-corrected chi connectivity index (χ2v) is 4.10. The average molecular weight is 242 g/mol. The molecule has 0 bridgehead atoms. The van der Waals surface area contributed by atoms with Gasteiger partial charge in [-0.3, -0.25) is 0 Å². The van der Waals surface area contributed by atoms with Crippen LogP contribution in [-0.4, -0.2) is 41.1 Å². The highest BCUT2D eigenvalue weighted by Crippen LogP contribution is 2.01. The topological polar surface area (TPSA) is 69.6 Å².